The van der Waals surface area contributed by atoms with E-state index < -0.39 is 0 Å². The van der Waals surface area contributed by atoms with Crippen LogP contribution >= 0.6 is 0 Å². The lowest BCUT2D eigenvalue weighted by molar-refractivity contribution is -0.117. The molecule has 1 fully saturated rings. The van der Waals surface area contributed by atoms with Crippen molar-refractivity contribution >= 4 is 23.3 Å². The van der Waals surface area contributed by atoms with Gasteiger partial charge in [-0.05, 0) is 23.3 Å². The summed E-state index contributed by atoms with van der Waals surface area (Å²) < 4.78 is 5.86. The van der Waals surface area contributed by atoms with E-state index in [9.17, 15) is 9.59 Å². The number of urea groups is 1. The van der Waals surface area contributed by atoms with Gasteiger partial charge in [-0.2, -0.15) is 0 Å². The van der Waals surface area contributed by atoms with Gasteiger partial charge in [-0.25, -0.2) is 4.79 Å². The molecule has 2 aromatic carbocycles. The Morgan fingerprint density at radius 1 is 1.12 bits per heavy atom. The molecule has 0 aliphatic carbocycles. The number of hydrogen-bond donors (Lipinski definition) is 2. The number of anilines is 2. The lowest BCUT2D eigenvalue weighted by Gasteiger charge is -2.27. The van der Waals surface area contributed by atoms with Crippen LogP contribution in [0.1, 0.15) is 23.5 Å². The number of amides is 3. The first-order valence-corrected chi connectivity index (χ1v) is 8.81. The summed E-state index contributed by atoms with van der Waals surface area (Å²) in [7, 11) is 0. The van der Waals surface area contributed by atoms with Gasteiger partial charge in [0.1, 0.15) is 0 Å². The number of hydrogen-bond acceptors (Lipinski definition) is 3. The van der Waals surface area contributed by atoms with Gasteiger partial charge in [0.05, 0.1) is 13.2 Å². The fourth-order valence-corrected chi connectivity index (χ4v) is 3.47. The standard InChI is InChI=1S/C20H21N3O3/c24-19-10-15(13-26-12-14-4-2-1-3-5-14)17-7-6-16(11-18(17)22-19)23-9-8-21-20(23)25/h1-7,11,15H,8-10,12-13H2,(H,21,25)(H,22,24)/t15-/m0/s1. The Kier molecular flexibility index (Phi) is 4.58. The molecular formula is C20H21N3O3. The van der Waals surface area contributed by atoms with Gasteiger partial charge >= 0.3 is 6.03 Å². The molecule has 0 unspecified atom stereocenters. The smallest absolute Gasteiger partial charge is 0.321 e. The average molecular weight is 351 g/mol. The van der Waals surface area contributed by atoms with Crippen LogP contribution in [0, 0.1) is 0 Å². The number of fused-ring (bicyclic) bond motifs is 1. The van der Waals surface area contributed by atoms with Crippen molar-refractivity contribution in [2.75, 3.05) is 29.9 Å². The first-order valence-electron chi connectivity index (χ1n) is 8.81. The molecule has 0 bridgehead atoms. The molecule has 6 heteroatoms. The summed E-state index contributed by atoms with van der Waals surface area (Å²) in [6.07, 6.45) is 0.408. The summed E-state index contributed by atoms with van der Waals surface area (Å²) in [5, 5.41) is 5.71. The Labute approximate surface area is 152 Å². The monoisotopic (exact) mass is 351 g/mol. The maximum atomic E-state index is 12.1. The summed E-state index contributed by atoms with van der Waals surface area (Å²) >= 11 is 0. The summed E-state index contributed by atoms with van der Waals surface area (Å²) in [5.41, 5.74) is 3.74. The Morgan fingerprint density at radius 3 is 2.73 bits per heavy atom. The number of rotatable bonds is 5. The average Bonchev–Trinajstić information content (AvgIpc) is 3.08. The highest BCUT2D eigenvalue weighted by Crippen LogP contribution is 2.35. The molecule has 134 valence electrons. The zero-order valence-corrected chi connectivity index (χ0v) is 14.4. The third-order valence-electron chi connectivity index (χ3n) is 4.78. The highest BCUT2D eigenvalue weighted by Gasteiger charge is 2.28. The third-order valence-corrected chi connectivity index (χ3v) is 4.78. The largest absolute Gasteiger partial charge is 0.376 e. The van der Waals surface area contributed by atoms with Gasteiger partial charge in [0.25, 0.3) is 0 Å². The maximum Gasteiger partial charge on any atom is 0.321 e. The second-order valence-electron chi connectivity index (χ2n) is 6.61. The summed E-state index contributed by atoms with van der Waals surface area (Å²) in [4.78, 5) is 25.6. The lowest BCUT2D eigenvalue weighted by Crippen LogP contribution is -2.29. The molecule has 3 amide bonds. The summed E-state index contributed by atoms with van der Waals surface area (Å²) in [6, 6.07) is 15.7. The highest BCUT2D eigenvalue weighted by molar-refractivity contribution is 5.98. The molecule has 4 rings (SSSR count). The zero-order valence-electron chi connectivity index (χ0n) is 14.4. The fourth-order valence-electron chi connectivity index (χ4n) is 3.47. The molecule has 6 nitrogen and oxygen atoms in total. The normalized spacial score (nSPS) is 19.1. The quantitative estimate of drug-likeness (QED) is 0.870. The number of carbonyl (C=O) groups is 2. The van der Waals surface area contributed by atoms with Gasteiger partial charge in [-0.15, -0.1) is 0 Å². The van der Waals surface area contributed by atoms with Crippen molar-refractivity contribution in [3.8, 4) is 0 Å². The molecule has 26 heavy (non-hydrogen) atoms. The molecule has 0 spiro atoms. The first kappa shape index (κ1) is 16.6. The number of ether oxygens (including phenoxy) is 1. The van der Waals surface area contributed by atoms with Crippen molar-refractivity contribution in [2.45, 2.75) is 18.9 Å². The van der Waals surface area contributed by atoms with Gasteiger partial charge in [0.2, 0.25) is 5.91 Å². The van der Waals surface area contributed by atoms with Crippen LogP contribution in [0.2, 0.25) is 0 Å². The Bertz CT molecular complexity index is 822. The molecule has 2 heterocycles. The van der Waals surface area contributed by atoms with E-state index in [-0.39, 0.29) is 17.9 Å². The second kappa shape index (κ2) is 7.17. The second-order valence-corrected chi connectivity index (χ2v) is 6.61. The number of nitrogens with zero attached hydrogens (tertiary/aromatic N) is 1. The van der Waals surface area contributed by atoms with Crippen LogP contribution in [-0.2, 0) is 16.1 Å². The van der Waals surface area contributed by atoms with Gasteiger partial charge < -0.3 is 15.4 Å². The van der Waals surface area contributed by atoms with Crippen LogP contribution in [-0.4, -0.2) is 31.6 Å². The Morgan fingerprint density at radius 2 is 1.96 bits per heavy atom. The molecule has 0 saturated carbocycles. The molecule has 0 aromatic heterocycles. The number of benzene rings is 2. The molecule has 1 atom stereocenters. The summed E-state index contributed by atoms with van der Waals surface area (Å²) in [6.45, 7) is 2.28. The van der Waals surface area contributed by atoms with E-state index in [1.807, 2.05) is 48.5 Å². The SMILES string of the molecule is O=C1C[C@@H](COCc2ccccc2)c2ccc(N3CCNC3=O)cc2N1. The van der Waals surface area contributed by atoms with Gasteiger partial charge in [0.15, 0.2) is 0 Å². The van der Waals surface area contributed by atoms with Crippen molar-refractivity contribution in [1.82, 2.24) is 5.32 Å². The van der Waals surface area contributed by atoms with Crippen LogP contribution in [0.3, 0.4) is 0 Å². The van der Waals surface area contributed by atoms with E-state index in [1.54, 1.807) is 4.90 Å². The summed E-state index contributed by atoms with van der Waals surface area (Å²) in [5.74, 6) is -0.00208. The Balaban J connectivity index is 1.48. The topological polar surface area (TPSA) is 70.7 Å². The molecule has 2 aromatic rings. The molecule has 0 radical (unpaired) electrons. The van der Waals surface area contributed by atoms with E-state index in [1.165, 1.54) is 0 Å². The van der Waals surface area contributed by atoms with Crippen molar-refractivity contribution < 1.29 is 14.3 Å². The predicted octanol–water partition coefficient (Wildman–Crippen LogP) is 2.86. The molecule has 1 saturated heterocycles. The Hall–Kier alpha value is -2.86. The molecule has 2 aliphatic heterocycles. The van der Waals surface area contributed by atoms with E-state index in [0.717, 1.165) is 22.5 Å². The van der Waals surface area contributed by atoms with Crippen molar-refractivity contribution in [2.24, 2.45) is 0 Å². The molecule has 2 N–H and O–H groups in total. The van der Waals surface area contributed by atoms with Crippen molar-refractivity contribution in [1.29, 1.82) is 0 Å². The minimum atomic E-state index is -0.102. The van der Waals surface area contributed by atoms with Crippen molar-refractivity contribution in [3.63, 3.8) is 0 Å². The van der Waals surface area contributed by atoms with E-state index in [0.29, 0.717) is 32.7 Å². The minimum absolute atomic E-state index is 0.0175. The van der Waals surface area contributed by atoms with Gasteiger partial charge in [-0.3, -0.25) is 9.69 Å². The highest BCUT2D eigenvalue weighted by atomic mass is 16.5. The third kappa shape index (κ3) is 3.41. The van der Waals surface area contributed by atoms with Crippen LogP contribution < -0.4 is 15.5 Å². The van der Waals surface area contributed by atoms with Crippen LogP contribution in [0.25, 0.3) is 0 Å². The van der Waals surface area contributed by atoms with Crippen LogP contribution in [0.5, 0.6) is 0 Å². The van der Waals surface area contributed by atoms with Gasteiger partial charge in [0, 0.05) is 36.8 Å². The molecular weight excluding hydrogens is 330 g/mol. The molecule has 2 aliphatic rings. The predicted molar refractivity (Wildman–Crippen MR) is 99.3 cm³/mol. The first-order chi connectivity index (χ1) is 12.7. The van der Waals surface area contributed by atoms with Gasteiger partial charge in [-0.1, -0.05) is 36.4 Å². The zero-order chi connectivity index (χ0) is 17.9. The fraction of sp³-hybridized carbons (Fsp3) is 0.300. The number of nitrogens with one attached hydrogen (secondary N) is 2. The maximum absolute atomic E-state index is 12.1. The van der Waals surface area contributed by atoms with Crippen LogP contribution in [0.4, 0.5) is 16.2 Å². The van der Waals surface area contributed by atoms with Crippen molar-refractivity contribution in [3.05, 3.63) is 59.7 Å². The number of carbonyl (C=O) groups excluding carboxylic acids is 2. The lowest BCUT2D eigenvalue weighted by atomic mass is 9.91. The van der Waals surface area contributed by atoms with E-state index in [4.69, 9.17) is 4.74 Å². The van der Waals surface area contributed by atoms with Crippen LogP contribution in [0.15, 0.2) is 48.5 Å². The van der Waals surface area contributed by atoms with E-state index >= 15 is 0 Å². The van der Waals surface area contributed by atoms with E-state index in [2.05, 4.69) is 10.6 Å². The minimum Gasteiger partial charge on any atom is -0.376 e.